The number of anilines is 1. The molecule has 6 heteroatoms. The molecule has 0 saturated carbocycles. The Labute approximate surface area is 156 Å². The van der Waals surface area contributed by atoms with Gasteiger partial charge in [-0.2, -0.15) is 5.26 Å². The lowest BCUT2D eigenvalue weighted by Gasteiger charge is -2.24. The van der Waals surface area contributed by atoms with Crippen molar-refractivity contribution in [3.8, 4) is 11.8 Å². The highest BCUT2D eigenvalue weighted by Crippen LogP contribution is 2.16. The predicted octanol–water partition coefficient (Wildman–Crippen LogP) is 3.66. The second-order valence-electron chi connectivity index (χ2n) is 5.61. The zero-order valence-corrected chi connectivity index (χ0v) is 15.8. The van der Waals surface area contributed by atoms with E-state index in [4.69, 9.17) is 10.00 Å². The van der Waals surface area contributed by atoms with Crippen LogP contribution in [0.2, 0.25) is 0 Å². The molecule has 0 fully saturated rings. The molecule has 25 heavy (non-hydrogen) atoms. The van der Waals surface area contributed by atoms with Gasteiger partial charge in [0.25, 0.3) is 0 Å². The summed E-state index contributed by atoms with van der Waals surface area (Å²) in [6.07, 6.45) is 0. The van der Waals surface area contributed by atoms with E-state index in [-0.39, 0.29) is 11.9 Å². The maximum absolute atomic E-state index is 12.4. The Morgan fingerprint density at radius 2 is 1.96 bits per heavy atom. The number of nitrogens with one attached hydrogen (secondary N) is 1. The molecule has 0 heterocycles. The van der Waals surface area contributed by atoms with Crippen LogP contribution in [0.3, 0.4) is 0 Å². The van der Waals surface area contributed by atoms with Crippen molar-refractivity contribution in [3.05, 3.63) is 58.6 Å². The van der Waals surface area contributed by atoms with Crippen molar-refractivity contribution in [3.63, 3.8) is 0 Å². The first-order chi connectivity index (χ1) is 12.0. The molecule has 0 radical (unpaired) electrons. The number of carbonyl (C=O) groups excluding carboxylic acids is 1. The molecule has 0 bridgehead atoms. The van der Waals surface area contributed by atoms with Crippen molar-refractivity contribution in [2.45, 2.75) is 13.0 Å². The fourth-order valence-electron chi connectivity index (χ4n) is 2.16. The van der Waals surface area contributed by atoms with Crippen LogP contribution in [0.5, 0.6) is 5.75 Å². The van der Waals surface area contributed by atoms with Gasteiger partial charge in [0, 0.05) is 11.0 Å². The Hall–Kier alpha value is -2.36. The quantitative estimate of drug-likeness (QED) is 0.768. The highest BCUT2D eigenvalue weighted by atomic mass is 79.9. The fourth-order valence-corrected chi connectivity index (χ4v) is 2.42. The molecule has 2 aromatic rings. The van der Waals surface area contributed by atoms with E-state index in [0.29, 0.717) is 24.4 Å². The van der Waals surface area contributed by atoms with Gasteiger partial charge in [0.1, 0.15) is 18.4 Å². The number of likely N-dealkylation sites (N-methyl/N-ethyl adjacent to an activating group) is 1. The molecular formula is C19H20BrN3O2. The monoisotopic (exact) mass is 401 g/mol. The molecule has 0 aliphatic carbocycles. The Bertz CT molecular complexity index is 756. The number of para-hydroxylation sites is 1. The van der Waals surface area contributed by atoms with E-state index in [1.165, 1.54) is 0 Å². The minimum absolute atomic E-state index is 0.158. The summed E-state index contributed by atoms with van der Waals surface area (Å²) in [5.41, 5.74) is 0.977. The highest BCUT2D eigenvalue weighted by molar-refractivity contribution is 9.10. The number of nitriles is 1. The number of amides is 1. The Morgan fingerprint density at radius 3 is 2.64 bits per heavy atom. The third kappa shape index (κ3) is 5.59. The number of halogens is 1. The summed E-state index contributed by atoms with van der Waals surface area (Å²) in [7, 11) is 1.87. The van der Waals surface area contributed by atoms with Gasteiger partial charge in [0.15, 0.2) is 0 Å². The number of benzene rings is 2. The van der Waals surface area contributed by atoms with E-state index in [0.717, 1.165) is 10.2 Å². The number of hydrogen-bond acceptors (Lipinski definition) is 4. The molecular weight excluding hydrogens is 382 g/mol. The van der Waals surface area contributed by atoms with Crippen LogP contribution in [0.4, 0.5) is 5.69 Å². The minimum Gasteiger partial charge on any atom is -0.492 e. The highest BCUT2D eigenvalue weighted by Gasteiger charge is 2.18. The first-order valence-corrected chi connectivity index (χ1v) is 8.69. The molecule has 130 valence electrons. The lowest BCUT2D eigenvalue weighted by Crippen LogP contribution is -2.41. The summed E-state index contributed by atoms with van der Waals surface area (Å²) < 4.78 is 6.68. The second-order valence-corrected chi connectivity index (χ2v) is 6.52. The number of hydrogen-bond donors (Lipinski definition) is 1. The average Bonchev–Trinajstić information content (AvgIpc) is 2.63. The third-order valence-electron chi connectivity index (χ3n) is 3.87. The lowest BCUT2D eigenvalue weighted by atomic mass is 10.2. The van der Waals surface area contributed by atoms with Crippen molar-refractivity contribution in [2.75, 3.05) is 25.5 Å². The number of carbonyl (C=O) groups is 1. The van der Waals surface area contributed by atoms with Crippen LogP contribution in [0.25, 0.3) is 0 Å². The summed E-state index contributed by atoms with van der Waals surface area (Å²) in [6, 6.07) is 16.3. The van der Waals surface area contributed by atoms with Crippen LogP contribution in [0.15, 0.2) is 53.0 Å². The van der Waals surface area contributed by atoms with Crippen LogP contribution >= 0.6 is 15.9 Å². The molecule has 5 nitrogen and oxygen atoms in total. The van der Waals surface area contributed by atoms with Crippen LogP contribution in [0, 0.1) is 11.3 Å². The van der Waals surface area contributed by atoms with Gasteiger partial charge < -0.3 is 10.1 Å². The zero-order valence-electron chi connectivity index (χ0n) is 14.2. The molecule has 0 aliphatic heterocycles. The van der Waals surface area contributed by atoms with Crippen molar-refractivity contribution >= 4 is 27.5 Å². The molecule has 0 saturated heterocycles. The maximum Gasteiger partial charge on any atom is 0.241 e. The van der Waals surface area contributed by atoms with Gasteiger partial charge in [-0.1, -0.05) is 28.1 Å². The first kappa shape index (κ1) is 19.0. The summed E-state index contributed by atoms with van der Waals surface area (Å²) in [5, 5.41) is 11.9. The average molecular weight is 402 g/mol. The number of nitrogens with zero attached hydrogens (tertiary/aromatic N) is 2. The zero-order chi connectivity index (χ0) is 18.2. The summed E-state index contributed by atoms with van der Waals surface area (Å²) >= 11 is 3.38. The van der Waals surface area contributed by atoms with Crippen LogP contribution in [0.1, 0.15) is 12.5 Å². The molecule has 1 N–H and O–H groups in total. The normalized spacial score (nSPS) is 11.6. The van der Waals surface area contributed by atoms with Crippen molar-refractivity contribution in [1.82, 2.24) is 4.90 Å². The third-order valence-corrected chi connectivity index (χ3v) is 4.40. The maximum atomic E-state index is 12.4. The fraction of sp³-hybridized carbons (Fsp3) is 0.263. The van der Waals surface area contributed by atoms with Gasteiger partial charge >= 0.3 is 0 Å². The van der Waals surface area contributed by atoms with Gasteiger partial charge in [0.2, 0.25) is 5.91 Å². The largest absolute Gasteiger partial charge is 0.492 e. The van der Waals surface area contributed by atoms with E-state index in [2.05, 4.69) is 27.3 Å². The van der Waals surface area contributed by atoms with E-state index in [1.54, 1.807) is 24.3 Å². The van der Waals surface area contributed by atoms with Crippen LogP contribution < -0.4 is 10.1 Å². The standard InChI is InChI=1S/C19H20BrN3O2/c1-14(19(24)22-18-6-4-3-5-15(18)13-21)23(2)11-12-25-17-9-7-16(20)8-10-17/h3-10,14H,11-12H2,1-2H3,(H,22,24)/t14-/m0/s1. The summed E-state index contributed by atoms with van der Waals surface area (Å²) in [5.74, 6) is 0.630. The Kier molecular flexibility index (Phi) is 6.99. The van der Waals surface area contributed by atoms with Gasteiger partial charge in [-0.15, -0.1) is 0 Å². The van der Waals surface area contributed by atoms with E-state index >= 15 is 0 Å². The molecule has 2 rings (SSSR count). The van der Waals surface area contributed by atoms with Crippen molar-refractivity contribution < 1.29 is 9.53 Å². The smallest absolute Gasteiger partial charge is 0.241 e. The molecule has 1 amide bonds. The van der Waals surface area contributed by atoms with Crippen molar-refractivity contribution in [1.29, 1.82) is 5.26 Å². The van der Waals surface area contributed by atoms with Crippen LogP contribution in [-0.2, 0) is 4.79 Å². The number of rotatable bonds is 7. The molecule has 0 aliphatic rings. The Morgan fingerprint density at radius 1 is 1.28 bits per heavy atom. The van der Waals surface area contributed by atoms with Gasteiger partial charge in [0.05, 0.1) is 17.3 Å². The Balaban J connectivity index is 1.84. The topological polar surface area (TPSA) is 65.4 Å². The predicted molar refractivity (Wildman–Crippen MR) is 102 cm³/mol. The lowest BCUT2D eigenvalue weighted by molar-refractivity contribution is -0.120. The molecule has 0 spiro atoms. The van der Waals surface area contributed by atoms with Crippen LogP contribution in [-0.4, -0.2) is 37.0 Å². The minimum atomic E-state index is -0.347. The van der Waals surface area contributed by atoms with Gasteiger partial charge in [-0.05, 0) is 50.4 Å². The first-order valence-electron chi connectivity index (χ1n) is 7.90. The summed E-state index contributed by atoms with van der Waals surface area (Å²) in [6.45, 7) is 2.90. The van der Waals surface area contributed by atoms with E-state index < -0.39 is 0 Å². The van der Waals surface area contributed by atoms with Gasteiger partial charge in [-0.25, -0.2) is 0 Å². The molecule has 2 aromatic carbocycles. The number of ether oxygens (including phenoxy) is 1. The SMILES string of the molecule is C[C@@H](C(=O)Nc1ccccc1C#N)N(C)CCOc1ccc(Br)cc1. The van der Waals surface area contributed by atoms with E-state index in [1.807, 2.05) is 43.1 Å². The molecule has 0 aromatic heterocycles. The molecule has 0 unspecified atom stereocenters. The van der Waals surface area contributed by atoms with Gasteiger partial charge in [-0.3, -0.25) is 9.69 Å². The van der Waals surface area contributed by atoms with Crippen molar-refractivity contribution in [2.24, 2.45) is 0 Å². The van der Waals surface area contributed by atoms with E-state index in [9.17, 15) is 4.79 Å². The second kappa shape index (κ2) is 9.21. The summed E-state index contributed by atoms with van der Waals surface area (Å²) in [4.78, 5) is 14.3. The molecule has 1 atom stereocenters.